The molecule has 11 heteroatoms. The summed E-state index contributed by atoms with van der Waals surface area (Å²) in [5.41, 5.74) is 14.2. The number of fused-ring (bicyclic) bond motifs is 3. The van der Waals surface area contributed by atoms with Crippen molar-refractivity contribution >= 4 is 6.08 Å². The molecule has 10 N–H and O–H groups in total. The van der Waals surface area contributed by atoms with Crippen molar-refractivity contribution in [1.82, 2.24) is 10.3 Å². The van der Waals surface area contributed by atoms with Crippen LogP contribution < -0.4 is 15.8 Å². The van der Waals surface area contributed by atoms with Crippen LogP contribution in [0, 0.1) is 17.8 Å². The zero-order chi connectivity index (χ0) is 42.9. The van der Waals surface area contributed by atoms with Crippen LogP contribution in [-0.4, -0.2) is 67.5 Å². The van der Waals surface area contributed by atoms with E-state index in [9.17, 15) is 30.6 Å². The van der Waals surface area contributed by atoms with Crippen molar-refractivity contribution in [3.63, 3.8) is 0 Å². The highest BCUT2D eigenvalue weighted by atomic mass is 16.5. The van der Waals surface area contributed by atoms with Crippen LogP contribution >= 0.6 is 0 Å². The SMILES string of the molecule is C[C@H](O)CNC[C@@H]1c2cc([C@@H](O)COc3cc(CCc4cc(CO)c(CCCCCC[C@H](N)C[C@@H]5C=Cc6cc(CO)ccc6[C@H]5O)o4)ccc3O)[nH]c2CC[C@H]2CCC[C@@H]21. The largest absolute Gasteiger partial charge is 0.504 e. The normalized spacial score (nSPS) is 22.3. The Bertz CT molecular complexity index is 2040. The molecular weight excluding hydrogens is 771 g/mol. The number of furan rings is 1. The molecule has 0 saturated heterocycles. The summed E-state index contributed by atoms with van der Waals surface area (Å²) in [5.74, 6) is 3.60. The van der Waals surface area contributed by atoms with E-state index in [4.69, 9.17) is 14.9 Å². The number of rotatable bonds is 22. The first-order valence-corrected chi connectivity index (χ1v) is 22.9. The number of H-pyrrole nitrogens is 1. The molecule has 2 aromatic heterocycles. The van der Waals surface area contributed by atoms with Gasteiger partial charge in [0.15, 0.2) is 11.5 Å². The maximum absolute atomic E-state index is 11.3. The number of aliphatic hydroxyl groups excluding tert-OH is 5. The van der Waals surface area contributed by atoms with Gasteiger partial charge in [-0.1, -0.05) is 62.5 Å². The number of hydrogen-bond donors (Lipinski definition) is 9. The van der Waals surface area contributed by atoms with E-state index in [1.807, 2.05) is 48.6 Å². The van der Waals surface area contributed by atoms with Gasteiger partial charge in [0.25, 0.3) is 0 Å². The number of nitrogens with two attached hydrogens (primary N) is 1. The zero-order valence-corrected chi connectivity index (χ0v) is 35.9. The number of aromatic nitrogens is 1. The predicted octanol–water partition coefficient (Wildman–Crippen LogP) is 7.20. The highest BCUT2D eigenvalue weighted by Crippen LogP contribution is 2.47. The second-order valence-corrected chi connectivity index (χ2v) is 18.2. The molecule has 7 rings (SSSR count). The van der Waals surface area contributed by atoms with E-state index in [0.29, 0.717) is 42.9 Å². The molecule has 2 heterocycles. The van der Waals surface area contributed by atoms with Crippen LogP contribution in [0.15, 0.2) is 59.0 Å². The van der Waals surface area contributed by atoms with Crippen LogP contribution in [0.2, 0.25) is 0 Å². The lowest BCUT2D eigenvalue weighted by Crippen LogP contribution is -2.32. The Morgan fingerprint density at radius 3 is 2.57 bits per heavy atom. The smallest absolute Gasteiger partial charge is 0.161 e. The summed E-state index contributed by atoms with van der Waals surface area (Å²) in [5, 5.41) is 65.7. The summed E-state index contributed by atoms with van der Waals surface area (Å²) < 4.78 is 12.3. The van der Waals surface area contributed by atoms with Crippen molar-refractivity contribution < 1.29 is 39.8 Å². The fourth-order valence-electron chi connectivity index (χ4n) is 10.2. The van der Waals surface area contributed by atoms with E-state index in [1.54, 1.807) is 13.0 Å². The van der Waals surface area contributed by atoms with E-state index < -0.39 is 18.3 Å². The average Bonchev–Trinajstić information content (AvgIpc) is 4.00. The third kappa shape index (κ3) is 11.6. The summed E-state index contributed by atoms with van der Waals surface area (Å²) >= 11 is 0. The van der Waals surface area contributed by atoms with Crippen molar-refractivity contribution in [2.45, 2.75) is 140 Å². The minimum Gasteiger partial charge on any atom is -0.504 e. The number of phenolic OH excluding ortho intramolecular Hbond substituents is 1. The van der Waals surface area contributed by atoms with Crippen LogP contribution in [-0.2, 0) is 38.9 Å². The molecule has 11 nitrogen and oxygen atoms in total. The fourth-order valence-corrected chi connectivity index (χ4v) is 10.2. The Morgan fingerprint density at radius 2 is 1.75 bits per heavy atom. The molecule has 2 aromatic carbocycles. The van der Waals surface area contributed by atoms with Gasteiger partial charge in [0.2, 0.25) is 0 Å². The maximum Gasteiger partial charge on any atom is 0.161 e. The Kier molecular flexibility index (Phi) is 15.8. The van der Waals surface area contributed by atoms with Crippen molar-refractivity contribution in [3.8, 4) is 11.5 Å². The number of phenols is 1. The van der Waals surface area contributed by atoms with E-state index in [-0.39, 0.29) is 37.5 Å². The molecule has 1 saturated carbocycles. The quantitative estimate of drug-likeness (QED) is 0.0365. The topological polar surface area (TPSA) is 198 Å². The minimum absolute atomic E-state index is 0.00254. The maximum atomic E-state index is 11.3. The summed E-state index contributed by atoms with van der Waals surface area (Å²) in [6.07, 6.45) is 15.7. The molecule has 8 atom stereocenters. The first-order chi connectivity index (χ1) is 29.6. The molecule has 3 aliphatic rings. The standard InChI is InChI=1S/C50H69N3O8/c1-31(56)26-52-27-43-40-9-6-7-34(40)16-19-44-42(43)25-45(53-44)47(58)30-60-49-22-32(13-20-46(49)57)11-17-39-24-37(29-55)48(61-39)10-5-3-2-4-8-38(51)23-36-15-14-35-21-33(28-54)12-18-41(35)50(36)59/h12-15,18,20-22,24-25,31,34,36,38,40,43,47,50,52-59H,2-11,16-17,19,23,26-30,51H2,1H3/t31-,34+,36-,38-,40-,43-,47-,50-/m0/s1. The third-order valence-electron chi connectivity index (χ3n) is 13.6. The van der Waals surface area contributed by atoms with Gasteiger partial charge < -0.3 is 55.8 Å². The number of hydrogen-bond acceptors (Lipinski definition) is 10. The van der Waals surface area contributed by atoms with Crippen molar-refractivity contribution in [2.75, 3.05) is 19.7 Å². The second kappa shape index (κ2) is 21.4. The summed E-state index contributed by atoms with van der Waals surface area (Å²) in [4.78, 5) is 3.53. The Labute approximate surface area is 361 Å². The molecule has 4 aromatic rings. The van der Waals surface area contributed by atoms with Gasteiger partial charge in [-0.2, -0.15) is 0 Å². The van der Waals surface area contributed by atoms with Gasteiger partial charge in [-0.15, -0.1) is 0 Å². The molecule has 0 bridgehead atoms. The number of aromatic amines is 1. The average molecular weight is 840 g/mol. The van der Waals surface area contributed by atoms with Gasteiger partial charge >= 0.3 is 0 Å². The van der Waals surface area contributed by atoms with Crippen LogP contribution in [0.4, 0.5) is 0 Å². The second-order valence-electron chi connectivity index (χ2n) is 18.2. The van der Waals surface area contributed by atoms with E-state index in [0.717, 1.165) is 109 Å². The number of aryl methyl sites for hydroxylation is 4. The minimum atomic E-state index is -0.891. The molecule has 61 heavy (non-hydrogen) atoms. The number of benzene rings is 2. The highest BCUT2D eigenvalue weighted by molar-refractivity contribution is 5.59. The fraction of sp³-hybridized carbons (Fsp3) is 0.560. The van der Waals surface area contributed by atoms with Gasteiger partial charge in [0, 0.05) is 60.8 Å². The van der Waals surface area contributed by atoms with Gasteiger partial charge in [-0.3, -0.25) is 0 Å². The molecule has 0 spiro atoms. The summed E-state index contributed by atoms with van der Waals surface area (Å²) in [6, 6.07) is 15.1. The molecule has 0 radical (unpaired) electrons. The van der Waals surface area contributed by atoms with E-state index in [2.05, 4.69) is 16.4 Å². The number of ether oxygens (including phenoxy) is 1. The molecular formula is C50H69N3O8. The summed E-state index contributed by atoms with van der Waals surface area (Å²) in [6.45, 7) is 3.07. The van der Waals surface area contributed by atoms with Crippen LogP contribution in [0.3, 0.4) is 0 Å². The van der Waals surface area contributed by atoms with E-state index in [1.165, 1.54) is 30.5 Å². The van der Waals surface area contributed by atoms with Crippen molar-refractivity contribution in [2.24, 2.45) is 23.5 Å². The lowest BCUT2D eigenvalue weighted by Gasteiger charge is -2.28. The monoisotopic (exact) mass is 840 g/mol. The molecule has 1 fully saturated rings. The predicted molar refractivity (Wildman–Crippen MR) is 237 cm³/mol. The Morgan fingerprint density at radius 1 is 0.918 bits per heavy atom. The Hall–Kier alpha value is -3.94. The third-order valence-corrected chi connectivity index (χ3v) is 13.6. The van der Waals surface area contributed by atoms with Crippen molar-refractivity contribution in [1.29, 1.82) is 0 Å². The van der Waals surface area contributed by atoms with Gasteiger partial charge in [0.1, 0.15) is 24.2 Å². The summed E-state index contributed by atoms with van der Waals surface area (Å²) in [7, 11) is 0. The van der Waals surface area contributed by atoms with Gasteiger partial charge in [-0.05, 0) is 122 Å². The van der Waals surface area contributed by atoms with Gasteiger partial charge in [-0.25, -0.2) is 0 Å². The molecule has 0 unspecified atom stereocenters. The molecule has 0 amide bonds. The van der Waals surface area contributed by atoms with E-state index >= 15 is 0 Å². The number of aliphatic hydroxyl groups is 5. The number of unbranched alkanes of at least 4 members (excludes halogenated alkanes) is 3. The number of nitrogens with one attached hydrogen (secondary N) is 2. The molecule has 3 aliphatic carbocycles. The highest BCUT2D eigenvalue weighted by Gasteiger charge is 2.38. The lowest BCUT2D eigenvalue weighted by atomic mass is 9.80. The molecule has 332 valence electrons. The van der Waals surface area contributed by atoms with Gasteiger partial charge in [0.05, 0.1) is 25.4 Å². The first-order valence-electron chi connectivity index (χ1n) is 22.9. The molecule has 0 aliphatic heterocycles. The van der Waals surface area contributed by atoms with Crippen LogP contribution in [0.5, 0.6) is 11.5 Å². The van der Waals surface area contributed by atoms with Crippen LogP contribution in [0.1, 0.15) is 146 Å². The van der Waals surface area contributed by atoms with Crippen LogP contribution in [0.25, 0.3) is 6.08 Å². The van der Waals surface area contributed by atoms with Crippen molar-refractivity contribution in [3.05, 3.63) is 111 Å². The zero-order valence-electron chi connectivity index (χ0n) is 35.9. The first kappa shape index (κ1) is 45.1. The lowest BCUT2D eigenvalue weighted by molar-refractivity contribution is 0.103. The Balaban J connectivity index is 0.844. The number of aromatic hydroxyl groups is 1.